The van der Waals surface area contributed by atoms with Gasteiger partial charge in [0.15, 0.2) is 0 Å². The quantitative estimate of drug-likeness (QED) is 0.689. The lowest BCUT2D eigenvalue weighted by atomic mass is 10.1. The molecule has 0 unspecified atom stereocenters. The number of benzene rings is 2. The third-order valence-electron chi connectivity index (χ3n) is 6.37. The maximum atomic E-state index is 12.5. The van der Waals surface area contributed by atoms with Gasteiger partial charge in [0.1, 0.15) is 0 Å². The molecule has 1 N–H and O–H groups in total. The summed E-state index contributed by atoms with van der Waals surface area (Å²) >= 11 is 0. The first-order valence-corrected chi connectivity index (χ1v) is 11.8. The molecule has 2 aromatic rings. The highest BCUT2D eigenvalue weighted by Gasteiger charge is 2.13. The van der Waals surface area contributed by atoms with Crippen LogP contribution in [0.3, 0.4) is 0 Å². The third kappa shape index (κ3) is 6.55. The summed E-state index contributed by atoms with van der Waals surface area (Å²) in [4.78, 5) is 19.5. The SMILES string of the molecule is CN(CC(=O)Nc1ccc(CN2CCCC2)cc1)Cc1ccc(N2CCCCC2)cc1. The minimum absolute atomic E-state index is 0.0275. The van der Waals surface area contributed by atoms with Gasteiger partial charge in [-0.05, 0) is 87.6 Å². The van der Waals surface area contributed by atoms with Crippen LogP contribution in [-0.4, -0.2) is 55.5 Å². The van der Waals surface area contributed by atoms with Gasteiger partial charge in [0.25, 0.3) is 0 Å². The summed E-state index contributed by atoms with van der Waals surface area (Å²) in [5.74, 6) is 0.0275. The molecular formula is C26H36N4O. The fourth-order valence-corrected chi connectivity index (χ4v) is 4.67. The lowest BCUT2D eigenvalue weighted by Crippen LogP contribution is -2.30. The van der Waals surface area contributed by atoms with Crippen LogP contribution in [0.15, 0.2) is 48.5 Å². The van der Waals surface area contributed by atoms with Crippen molar-refractivity contribution in [3.05, 3.63) is 59.7 Å². The molecule has 2 aliphatic rings. The van der Waals surface area contributed by atoms with E-state index in [0.717, 1.165) is 18.8 Å². The Morgan fingerprint density at radius 2 is 1.45 bits per heavy atom. The van der Waals surface area contributed by atoms with Gasteiger partial charge < -0.3 is 10.2 Å². The molecule has 0 saturated carbocycles. The van der Waals surface area contributed by atoms with E-state index in [0.29, 0.717) is 6.54 Å². The first-order chi connectivity index (χ1) is 15.2. The molecule has 5 nitrogen and oxygen atoms in total. The number of likely N-dealkylation sites (tertiary alicyclic amines) is 1. The second-order valence-electron chi connectivity index (χ2n) is 9.11. The average molecular weight is 421 g/mol. The van der Waals surface area contributed by atoms with Gasteiger partial charge in [0.2, 0.25) is 5.91 Å². The molecule has 0 radical (unpaired) electrons. The molecule has 166 valence electrons. The van der Waals surface area contributed by atoms with Crippen LogP contribution in [0.25, 0.3) is 0 Å². The smallest absolute Gasteiger partial charge is 0.238 e. The topological polar surface area (TPSA) is 38.8 Å². The molecule has 4 rings (SSSR count). The number of nitrogens with one attached hydrogen (secondary N) is 1. The molecule has 0 aromatic heterocycles. The van der Waals surface area contributed by atoms with Crippen molar-refractivity contribution >= 4 is 17.3 Å². The number of carbonyl (C=O) groups is 1. The highest BCUT2D eigenvalue weighted by atomic mass is 16.2. The van der Waals surface area contributed by atoms with Crippen LogP contribution < -0.4 is 10.2 Å². The Labute approximate surface area is 187 Å². The van der Waals surface area contributed by atoms with Crippen molar-refractivity contribution in [2.75, 3.05) is 50.0 Å². The normalized spacial score (nSPS) is 17.3. The standard InChI is InChI=1S/C26H36N4O/c1-28(19-22-9-13-25(14-10-22)30-17-3-2-4-18-30)21-26(31)27-24-11-7-23(8-12-24)20-29-15-5-6-16-29/h7-14H,2-6,15-21H2,1H3,(H,27,31). The van der Waals surface area contributed by atoms with Crippen LogP contribution >= 0.6 is 0 Å². The molecule has 2 saturated heterocycles. The van der Waals surface area contributed by atoms with E-state index in [9.17, 15) is 4.79 Å². The second kappa shape index (κ2) is 10.8. The number of rotatable bonds is 8. The molecule has 5 heteroatoms. The second-order valence-corrected chi connectivity index (χ2v) is 9.11. The predicted octanol–water partition coefficient (Wildman–Crippen LogP) is 4.34. The highest BCUT2D eigenvalue weighted by Crippen LogP contribution is 2.21. The summed E-state index contributed by atoms with van der Waals surface area (Å²) in [5, 5.41) is 3.03. The summed E-state index contributed by atoms with van der Waals surface area (Å²) in [6, 6.07) is 17.1. The molecule has 1 amide bonds. The first-order valence-electron chi connectivity index (χ1n) is 11.8. The average Bonchev–Trinajstić information content (AvgIpc) is 3.29. The molecule has 0 bridgehead atoms. The van der Waals surface area contributed by atoms with Gasteiger partial charge >= 0.3 is 0 Å². The van der Waals surface area contributed by atoms with Crippen molar-refractivity contribution < 1.29 is 4.79 Å². The van der Waals surface area contributed by atoms with E-state index in [2.05, 4.69) is 56.4 Å². The van der Waals surface area contributed by atoms with Crippen LogP contribution in [0.5, 0.6) is 0 Å². The van der Waals surface area contributed by atoms with E-state index in [4.69, 9.17) is 0 Å². The first kappa shape index (κ1) is 21.8. The van der Waals surface area contributed by atoms with E-state index >= 15 is 0 Å². The lowest BCUT2D eigenvalue weighted by Gasteiger charge is -2.29. The Bertz CT molecular complexity index is 821. The molecule has 2 heterocycles. The summed E-state index contributed by atoms with van der Waals surface area (Å²) in [7, 11) is 2.00. The maximum Gasteiger partial charge on any atom is 0.238 e. The summed E-state index contributed by atoms with van der Waals surface area (Å²) in [6.45, 7) is 6.88. The van der Waals surface area contributed by atoms with Crippen molar-refractivity contribution in [3.8, 4) is 0 Å². The van der Waals surface area contributed by atoms with Gasteiger partial charge in [0.05, 0.1) is 6.54 Å². The number of carbonyl (C=O) groups excluding carboxylic acids is 1. The van der Waals surface area contributed by atoms with E-state index in [-0.39, 0.29) is 5.91 Å². The molecular weight excluding hydrogens is 384 g/mol. The fourth-order valence-electron chi connectivity index (χ4n) is 4.67. The number of piperidine rings is 1. The Balaban J connectivity index is 1.21. The Kier molecular flexibility index (Phi) is 7.60. The van der Waals surface area contributed by atoms with E-state index in [1.54, 1.807) is 0 Å². The van der Waals surface area contributed by atoms with Gasteiger partial charge in [-0.15, -0.1) is 0 Å². The van der Waals surface area contributed by atoms with E-state index < -0.39 is 0 Å². The van der Waals surface area contributed by atoms with Crippen LogP contribution in [0.2, 0.25) is 0 Å². The van der Waals surface area contributed by atoms with E-state index in [1.807, 2.05) is 19.2 Å². The van der Waals surface area contributed by atoms with Crippen LogP contribution in [0.4, 0.5) is 11.4 Å². The number of hydrogen-bond donors (Lipinski definition) is 1. The van der Waals surface area contributed by atoms with Crippen molar-refractivity contribution in [1.82, 2.24) is 9.80 Å². The van der Waals surface area contributed by atoms with Crippen molar-refractivity contribution in [3.63, 3.8) is 0 Å². The van der Waals surface area contributed by atoms with Gasteiger partial charge in [-0.3, -0.25) is 14.6 Å². The zero-order valence-corrected chi connectivity index (χ0v) is 18.9. The predicted molar refractivity (Wildman–Crippen MR) is 128 cm³/mol. The summed E-state index contributed by atoms with van der Waals surface area (Å²) in [6.07, 6.45) is 6.56. The number of anilines is 2. The highest BCUT2D eigenvalue weighted by molar-refractivity contribution is 5.92. The molecule has 0 spiro atoms. The summed E-state index contributed by atoms with van der Waals surface area (Å²) in [5.41, 5.74) is 4.74. The minimum Gasteiger partial charge on any atom is -0.372 e. The maximum absolute atomic E-state index is 12.5. The van der Waals surface area contributed by atoms with Gasteiger partial charge in [-0.25, -0.2) is 0 Å². The molecule has 2 aliphatic heterocycles. The molecule has 2 fully saturated rings. The zero-order valence-electron chi connectivity index (χ0n) is 18.9. The zero-order chi connectivity index (χ0) is 21.5. The number of hydrogen-bond acceptors (Lipinski definition) is 4. The number of amides is 1. The van der Waals surface area contributed by atoms with Crippen LogP contribution in [-0.2, 0) is 17.9 Å². The van der Waals surface area contributed by atoms with Gasteiger partial charge in [-0.2, -0.15) is 0 Å². The number of likely N-dealkylation sites (N-methyl/N-ethyl adjacent to an activating group) is 1. The number of nitrogens with zero attached hydrogens (tertiary/aromatic N) is 3. The minimum atomic E-state index is 0.0275. The third-order valence-corrected chi connectivity index (χ3v) is 6.37. The monoisotopic (exact) mass is 420 g/mol. The largest absolute Gasteiger partial charge is 0.372 e. The molecule has 2 aromatic carbocycles. The summed E-state index contributed by atoms with van der Waals surface area (Å²) < 4.78 is 0. The van der Waals surface area contributed by atoms with Gasteiger partial charge in [0, 0.05) is 37.6 Å². The van der Waals surface area contributed by atoms with E-state index in [1.165, 1.54) is 75.1 Å². The Morgan fingerprint density at radius 1 is 0.839 bits per heavy atom. The Morgan fingerprint density at radius 3 is 2.13 bits per heavy atom. The molecule has 31 heavy (non-hydrogen) atoms. The van der Waals surface area contributed by atoms with Crippen LogP contribution in [0.1, 0.15) is 43.2 Å². The van der Waals surface area contributed by atoms with Gasteiger partial charge in [-0.1, -0.05) is 24.3 Å². The van der Waals surface area contributed by atoms with Crippen molar-refractivity contribution in [2.24, 2.45) is 0 Å². The van der Waals surface area contributed by atoms with Crippen LogP contribution in [0, 0.1) is 0 Å². The molecule has 0 aliphatic carbocycles. The fraction of sp³-hybridized carbons (Fsp3) is 0.500. The van der Waals surface area contributed by atoms with Crippen molar-refractivity contribution in [2.45, 2.75) is 45.2 Å². The Hall–Kier alpha value is -2.37. The van der Waals surface area contributed by atoms with Crippen molar-refractivity contribution in [1.29, 1.82) is 0 Å². The molecule has 0 atom stereocenters. The lowest BCUT2D eigenvalue weighted by molar-refractivity contribution is -0.117.